The van der Waals surface area contributed by atoms with Crippen LogP contribution >= 0.6 is 0 Å². The normalized spacial score (nSPS) is 28.3. The maximum atomic E-state index is 11.7. The van der Waals surface area contributed by atoms with Crippen molar-refractivity contribution >= 4 is 11.8 Å². The number of nitrogens with zero attached hydrogens (tertiary/aromatic N) is 4. The number of hydrogen-bond donors (Lipinski definition) is 0. The van der Waals surface area contributed by atoms with Crippen LogP contribution in [-0.2, 0) is 9.59 Å². The predicted octanol–water partition coefficient (Wildman–Crippen LogP) is 0.0948. The zero-order valence-electron chi connectivity index (χ0n) is 14.1. The van der Waals surface area contributed by atoms with Crippen molar-refractivity contribution in [2.75, 3.05) is 65.4 Å². The van der Waals surface area contributed by atoms with Crippen LogP contribution in [0.1, 0.15) is 26.7 Å². The van der Waals surface area contributed by atoms with Gasteiger partial charge in [0.05, 0.1) is 0 Å². The fraction of sp³-hybridized carbons (Fsp3) is 0.875. The van der Waals surface area contributed by atoms with Gasteiger partial charge in [0.25, 0.3) is 0 Å². The summed E-state index contributed by atoms with van der Waals surface area (Å²) in [7, 11) is 0. The van der Waals surface area contributed by atoms with Crippen LogP contribution in [0.25, 0.3) is 0 Å². The average molecular weight is 310 g/mol. The van der Waals surface area contributed by atoms with Gasteiger partial charge in [-0.15, -0.1) is 0 Å². The standard InChI is InChI=1S/C16H30N4O2/c1-15(21)19-7-3-5-18-10-9-17(11-13-19)6-4-8-20(14-12-18)16(2)22/h3-14H2,1-2H3. The third kappa shape index (κ3) is 5.25. The molecule has 6 heteroatoms. The summed E-state index contributed by atoms with van der Waals surface area (Å²) in [5, 5.41) is 0. The van der Waals surface area contributed by atoms with Crippen molar-refractivity contribution in [3.05, 3.63) is 0 Å². The third-order valence-electron chi connectivity index (χ3n) is 4.80. The van der Waals surface area contributed by atoms with Crippen LogP contribution < -0.4 is 0 Å². The molecular weight excluding hydrogens is 280 g/mol. The Morgan fingerprint density at radius 2 is 0.909 bits per heavy atom. The zero-order chi connectivity index (χ0) is 15.9. The van der Waals surface area contributed by atoms with E-state index in [4.69, 9.17) is 0 Å². The minimum Gasteiger partial charge on any atom is -0.342 e. The molecular formula is C16H30N4O2. The first kappa shape index (κ1) is 17.2. The van der Waals surface area contributed by atoms with Crippen LogP contribution in [-0.4, -0.2) is 96.9 Å². The molecule has 0 aromatic carbocycles. The molecule has 0 N–H and O–H groups in total. The van der Waals surface area contributed by atoms with Gasteiger partial charge in [0, 0.05) is 66.2 Å². The first-order valence-corrected chi connectivity index (χ1v) is 8.52. The molecule has 2 aliphatic heterocycles. The van der Waals surface area contributed by atoms with Gasteiger partial charge in [-0.3, -0.25) is 9.59 Å². The summed E-state index contributed by atoms with van der Waals surface area (Å²) < 4.78 is 0. The number of amides is 2. The Bertz CT molecular complexity index is 352. The Morgan fingerprint density at radius 3 is 1.27 bits per heavy atom. The van der Waals surface area contributed by atoms with Crippen molar-refractivity contribution in [1.29, 1.82) is 0 Å². The van der Waals surface area contributed by atoms with Crippen LogP contribution in [0, 0.1) is 0 Å². The second-order valence-corrected chi connectivity index (χ2v) is 6.40. The molecule has 2 saturated heterocycles. The van der Waals surface area contributed by atoms with Crippen LogP contribution in [0.2, 0.25) is 0 Å². The largest absolute Gasteiger partial charge is 0.342 e. The monoisotopic (exact) mass is 310 g/mol. The lowest BCUT2D eigenvalue weighted by Gasteiger charge is -2.35. The van der Waals surface area contributed by atoms with E-state index in [1.165, 1.54) is 0 Å². The van der Waals surface area contributed by atoms with Crippen molar-refractivity contribution < 1.29 is 9.59 Å². The highest BCUT2D eigenvalue weighted by molar-refractivity contribution is 5.73. The second-order valence-electron chi connectivity index (χ2n) is 6.40. The molecule has 0 aromatic heterocycles. The molecule has 22 heavy (non-hydrogen) atoms. The molecule has 2 amide bonds. The number of fused-ring (bicyclic) bond motifs is 3. The summed E-state index contributed by atoms with van der Waals surface area (Å²) in [5.41, 5.74) is 0. The summed E-state index contributed by atoms with van der Waals surface area (Å²) in [5.74, 6) is 0.365. The fourth-order valence-electron chi connectivity index (χ4n) is 3.30. The van der Waals surface area contributed by atoms with Crippen molar-refractivity contribution in [1.82, 2.24) is 19.6 Å². The molecule has 0 radical (unpaired) electrons. The van der Waals surface area contributed by atoms with E-state index in [0.29, 0.717) is 0 Å². The van der Waals surface area contributed by atoms with E-state index in [1.54, 1.807) is 13.8 Å². The maximum absolute atomic E-state index is 11.7. The van der Waals surface area contributed by atoms with Crippen LogP contribution in [0.15, 0.2) is 0 Å². The maximum Gasteiger partial charge on any atom is 0.219 e. The lowest BCUT2D eigenvalue weighted by Crippen LogP contribution is -2.48. The summed E-state index contributed by atoms with van der Waals surface area (Å²) in [6, 6.07) is 0. The molecule has 2 fully saturated rings. The summed E-state index contributed by atoms with van der Waals surface area (Å²) in [6.07, 6.45) is 2.03. The van der Waals surface area contributed by atoms with E-state index in [9.17, 15) is 9.59 Å². The van der Waals surface area contributed by atoms with Crippen molar-refractivity contribution in [3.8, 4) is 0 Å². The van der Waals surface area contributed by atoms with Crippen molar-refractivity contribution in [2.24, 2.45) is 0 Å². The zero-order valence-corrected chi connectivity index (χ0v) is 14.1. The highest BCUT2D eigenvalue weighted by Crippen LogP contribution is 2.06. The molecule has 0 saturated carbocycles. The van der Waals surface area contributed by atoms with E-state index in [2.05, 4.69) is 9.80 Å². The summed E-state index contributed by atoms with van der Waals surface area (Å²) in [6.45, 7) is 12.7. The number of hydrogen-bond acceptors (Lipinski definition) is 4. The Balaban J connectivity index is 2.02. The number of carbonyl (C=O) groups is 2. The molecule has 2 bridgehead atoms. The van der Waals surface area contributed by atoms with Crippen LogP contribution in [0.4, 0.5) is 0 Å². The van der Waals surface area contributed by atoms with E-state index >= 15 is 0 Å². The van der Waals surface area contributed by atoms with Gasteiger partial charge in [0.15, 0.2) is 0 Å². The number of carbonyl (C=O) groups excluding carboxylic acids is 2. The quantitative estimate of drug-likeness (QED) is 0.636. The fourth-order valence-corrected chi connectivity index (χ4v) is 3.30. The smallest absolute Gasteiger partial charge is 0.219 e. The van der Waals surface area contributed by atoms with Gasteiger partial charge in [0.2, 0.25) is 11.8 Å². The molecule has 0 spiro atoms. The van der Waals surface area contributed by atoms with Gasteiger partial charge in [0.1, 0.15) is 0 Å². The minimum atomic E-state index is 0.182. The highest BCUT2D eigenvalue weighted by Gasteiger charge is 2.19. The molecule has 0 aromatic rings. The first-order chi connectivity index (χ1) is 10.6. The average Bonchev–Trinajstić information content (AvgIpc) is 2.49. The summed E-state index contributed by atoms with van der Waals surface area (Å²) in [4.78, 5) is 32.3. The van der Waals surface area contributed by atoms with Crippen LogP contribution in [0.5, 0.6) is 0 Å². The van der Waals surface area contributed by atoms with Gasteiger partial charge in [-0.2, -0.15) is 0 Å². The van der Waals surface area contributed by atoms with Gasteiger partial charge in [-0.1, -0.05) is 0 Å². The Hall–Kier alpha value is -1.14. The topological polar surface area (TPSA) is 47.1 Å². The minimum absolute atomic E-state index is 0.182. The lowest BCUT2D eigenvalue weighted by molar-refractivity contribution is -0.130. The molecule has 126 valence electrons. The molecule has 2 atom stereocenters. The Morgan fingerprint density at radius 1 is 0.545 bits per heavy atom. The van der Waals surface area contributed by atoms with Crippen LogP contribution in [0.3, 0.4) is 0 Å². The molecule has 0 aliphatic carbocycles. The van der Waals surface area contributed by atoms with E-state index in [-0.39, 0.29) is 11.8 Å². The van der Waals surface area contributed by atoms with E-state index in [1.807, 2.05) is 9.80 Å². The third-order valence-corrected chi connectivity index (χ3v) is 4.80. The van der Waals surface area contributed by atoms with E-state index < -0.39 is 0 Å². The van der Waals surface area contributed by atoms with Gasteiger partial charge in [-0.05, 0) is 25.9 Å². The van der Waals surface area contributed by atoms with Crippen molar-refractivity contribution in [3.63, 3.8) is 0 Å². The molecule has 6 nitrogen and oxygen atoms in total. The van der Waals surface area contributed by atoms with Gasteiger partial charge >= 0.3 is 0 Å². The van der Waals surface area contributed by atoms with Gasteiger partial charge in [-0.25, -0.2) is 0 Å². The predicted molar refractivity (Wildman–Crippen MR) is 86.6 cm³/mol. The van der Waals surface area contributed by atoms with Gasteiger partial charge < -0.3 is 19.6 Å². The molecule has 2 rings (SSSR count). The SMILES string of the molecule is CC(=O)N1CCCN2CCN(CCCN(C(C)=O)CC2)CC1. The second kappa shape index (κ2) is 8.48. The van der Waals surface area contributed by atoms with Crippen molar-refractivity contribution in [2.45, 2.75) is 26.7 Å². The van der Waals surface area contributed by atoms with E-state index in [0.717, 1.165) is 78.3 Å². The summed E-state index contributed by atoms with van der Waals surface area (Å²) >= 11 is 0. The Labute approximate surface area is 134 Å². The highest BCUT2D eigenvalue weighted by atomic mass is 16.2. The first-order valence-electron chi connectivity index (χ1n) is 8.52. The Kier molecular flexibility index (Phi) is 6.64. The molecule has 2 heterocycles. The number of rotatable bonds is 0. The lowest BCUT2D eigenvalue weighted by atomic mass is 10.2. The molecule has 2 aliphatic rings. The molecule has 2 unspecified atom stereocenters.